The molecule has 0 aliphatic carbocycles. The van der Waals surface area contributed by atoms with Crippen LogP contribution < -0.4 is 5.73 Å². The van der Waals surface area contributed by atoms with Gasteiger partial charge in [0.2, 0.25) is 0 Å². The normalized spacial score (nSPS) is 13.0. The summed E-state index contributed by atoms with van der Waals surface area (Å²) in [4.78, 5) is 3.85. The van der Waals surface area contributed by atoms with E-state index in [1.165, 1.54) is 6.07 Å². The first kappa shape index (κ1) is 8.14. The molecule has 0 unspecified atom stereocenters. The van der Waals surface area contributed by atoms with E-state index in [2.05, 4.69) is 4.98 Å². The zero-order valence-electron chi connectivity index (χ0n) is 6.42. The summed E-state index contributed by atoms with van der Waals surface area (Å²) in [6.45, 7) is 1.90. The number of hydrogen-bond acceptors (Lipinski definition) is 2. The van der Waals surface area contributed by atoms with Gasteiger partial charge in [-0.1, -0.05) is 6.92 Å². The molecule has 0 spiro atoms. The molecule has 0 radical (unpaired) electrons. The minimum absolute atomic E-state index is 0.281. The second-order valence-electron chi connectivity index (χ2n) is 2.39. The molecule has 0 aliphatic rings. The lowest BCUT2D eigenvalue weighted by atomic mass is 10.1. The summed E-state index contributed by atoms with van der Waals surface area (Å²) in [7, 11) is 0. The highest BCUT2D eigenvalue weighted by atomic mass is 19.1. The third kappa shape index (κ3) is 1.74. The minimum Gasteiger partial charge on any atom is -0.323 e. The fourth-order valence-corrected chi connectivity index (χ4v) is 0.864. The van der Waals surface area contributed by atoms with Crippen LogP contribution in [0.4, 0.5) is 4.39 Å². The van der Waals surface area contributed by atoms with Crippen molar-refractivity contribution in [3.63, 3.8) is 0 Å². The van der Waals surface area contributed by atoms with Crippen LogP contribution in [-0.4, -0.2) is 4.98 Å². The number of hydrogen-bond donors (Lipinski definition) is 1. The van der Waals surface area contributed by atoms with Crippen LogP contribution in [0, 0.1) is 5.82 Å². The molecule has 2 N–H and O–H groups in total. The van der Waals surface area contributed by atoms with Gasteiger partial charge in [-0.25, -0.2) is 4.39 Å². The fraction of sp³-hybridized carbons (Fsp3) is 0.375. The molecule has 0 aliphatic heterocycles. The van der Waals surface area contributed by atoms with E-state index >= 15 is 0 Å². The highest BCUT2D eigenvalue weighted by molar-refractivity contribution is 5.10. The second kappa shape index (κ2) is 3.44. The third-order valence-corrected chi connectivity index (χ3v) is 1.58. The van der Waals surface area contributed by atoms with E-state index in [1.54, 1.807) is 12.3 Å². The van der Waals surface area contributed by atoms with Crippen LogP contribution in [0.2, 0.25) is 0 Å². The summed E-state index contributed by atoms with van der Waals surface area (Å²) in [5.41, 5.74) is 5.95. The monoisotopic (exact) mass is 154 g/mol. The summed E-state index contributed by atoms with van der Waals surface area (Å²) < 4.78 is 12.9. The van der Waals surface area contributed by atoms with Crippen molar-refractivity contribution in [3.8, 4) is 0 Å². The van der Waals surface area contributed by atoms with Gasteiger partial charge in [0.25, 0.3) is 0 Å². The average Bonchev–Trinajstić information content (AvgIpc) is 2.04. The van der Waals surface area contributed by atoms with E-state index < -0.39 is 0 Å². The molecule has 1 atom stereocenters. The van der Waals surface area contributed by atoms with E-state index in [0.29, 0.717) is 12.1 Å². The van der Waals surface area contributed by atoms with Gasteiger partial charge < -0.3 is 5.73 Å². The maximum Gasteiger partial charge on any atom is 0.146 e. The van der Waals surface area contributed by atoms with Gasteiger partial charge >= 0.3 is 0 Å². The highest BCUT2D eigenvalue weighted by Gasteiger charge is 2.08. The van der Waals surface area contributed by atoms with Crippen LogP contribution in [0.25, 0.3) is 0 Å². The van der Waals surface area contributed by atoms with Crippen molar-refractivity contribution in [2.24, 2.45) is 5.73 Å². The van der Waals surface area contributed by atoms with E-state index in [0.717, 1.165) is 0 Å². The number of pyridine rings is 1. The lowest BCUT2D eigenvalue weighted by Crippen LogP contribution is -2.12. The molecule has 1 heterocycles. The first-order valence-corrected chi connectivity index (χ1v) is 3.61. The van der Waals surface area contributed by atoms with Crippen molar-refractivity contribution in [2.45, 2.75) is 19.4 Å². The van der Waals surface area contributed by atoms with Crippen LogP contribution >= 0.6 is 0 Å². The quantitative estimate of drug-likeness (QED) is 0.703. The van der Waals surface area contributed by atoms with Gasteiger partial charge in [0, 0.05) is 12.2 Å². The topological polar surface area (TPSA) is 38.9 Å². The molecule has 1 aromatic rings. The van der Waals surface area contributed by atoms with Crippen LogP contribution in [0.1, 0.15) is 25.1 Å². The molecule has 0 saturated heterocycles. The van der Waals surface area contributed by atoms with Gasteiger partial charge in [0.15, 0.2) is 0 Å². The Balaban J connectivity index is 2.93. The van der Waals surface area contributed by atoms with Gasteiger partial charge in [0.05, 0.1) is 5.69 Å². The largest absolute Gasteiger partial charge is 0.323 e. The first-order chi connectivity index (χ1) is 5.25. The summed E-state index contributed by atoms with van der Waals surface area (Å²) in [5.74, 6) is -0.318. The molecule has 11 heavy (non-hydrogen) atoms. The van der Waals surface area contributed by atoms with Crippen LogP contribution in [0.15, 0.2) is 18.3 Å². The predicted molar refractivity (Wildman–Crippen MR) is 41.4 cm³/mol. The molecule has 3 heteroatoms. The lowest BCUT2D eigenvalue weighted by Gasteiger charge is -2.07. The maximum atomic E-state index is 12.9. The third-order valence-electron chi connectivity index (χ3n) is 1.58. The van der Waals surface area contributed by atoms with E-state index in [1.807, 2.05) is 6.92 Å². The number of halogens is 1. The highest BCUT2D eigenvalue weighted by Crippen LogP contribution is 2.13. The van der Waals surface area contributed by atoms with Crippen LogP contribution in [0.3, 0.4) is 0 Å². The van der Waals surface area contributed by atoms with Crippen LogP contribution in [0.5, 0.6) is 0 Å². The summed E-state index contributed by atoms with van der Waals surface area (Å²) in [5, 5.41) is 0. The Bertz CT molecular complexity index is 237. The summed E-state index contributed by atoms with van der Waals surface area (Å²) in [6.07, 6.45) is 2.25. The molecule has 2 nitrogen and oxygen atoms in total. The van der Waals surface area contributed by atoms with E-state index in [4.69, 9.17) is 5.73 Å². The molecule has 0 bridgehead atoms. The number of nitrogens with zero attached hydrogens (tertiary/aromatic N) is 1. The summed E-state index contributed by atoms with van der Waals surface area (Å²) >= 11 is 0. The number of rotatable bonds is 2. The van der Waals surface area contributed by atoms with Gasteiger partial charge in [-0.15, -0.1) is 0 Å². The molecular weight excluding hydrogens is 143 g/mol. The Labute approximate surface area is 65.3 Å². The van der Waals surface area contributed by atoms with E-state index in [-0.39, 0.29) is 11.9 Å². The van der Waals surface area contributed by atoms with Gasteiger partial charge in [0.1, 0.15) is 5.82 Å². The number of aromatic nitrogens is 1. The molecule has 1 rings (SSSR count). The molecule has 0 fully saturated rings. The predicted octanol–water partition coefficient (Wildman–Crippen LogP) is 1.63. The van der Waals surface area contributed by atoms with Crippen molar-refractivity contribution < 1.29 is 4.39 Å². The van der Waals surface area contributed by atoms with Gasteiger partial charge in [-0.05, 0) is 18.6 Å². The van der Waals surface area contributed by atoms with Crippen molar-refractivity contribution in [1.82, 2.24) is 4.98 Å². The summed E-state index contributed by atoms with van der Waals surface area (Å²) in [6, 6.07) is 2.65. The molecule has 0 aromatic carbocycles. The van der Waals surface area contributed by atoms with Gasteiger partial charge in [-0.3, -0.25) is 4.98 Å². The zero-order valence-corrected chi connectivity index (χ0v) is 6.42. The Hall–Kier alpha value is -0.960. The standard InChI is InChI=1S/C8H11FN2/c1-2-7(10)8-6(9)4-3-5-11-8/h3-5,7H,2,10H2,1H3/t7-/m1/s1. The molecule has 0 saturated carbocycles. The SMILES string of the molecule is CC[C@@H](N)c1ncccc1F. The van der Waals surface area contributed by atoms with Gasteiger partial charge in [-0.2, -0.15) is 0 Å². The van der Waals surface area contributed by atoms with Crippen molar-refractivity contribution in [3.05, 3.63) is 29.8 Å². The smallest absolute Gasteiger partial charge is 0.146 e. The average molecular weight is 154 g/mol. The van der Waals surface area contributed by atoms with E-state index in [9.17, 15) is 4.39 Å². The van der Waals surface area contributed by atoms with Crippen LogP contribution in [-0.2, 0) is 0 Å². The molecule has 1 aromatic heterocycles. The minimum atomic E-state index is -0.318. The molecule has 0 amide bonds. The second-order valence-corrected chi connectivity index (χ2v) is 2.39. The molecule has 60 valence electrons. The Morgan fingerprint density at radius 3 is 3.00 bits per heavy atom. The zero-order chi connectivity index (χ0) is 8.27. The Morgan fingerprint density at radius 1 is 1.73 bits per heavy atom. The first-order valence-electron chi connectivity index (χ1n) is 3.61. The van der Waals surface area contributed by atoms with Crippen molar-refractivity contribution in [2.75, 3.05) is 0 Å². The Morgan fingerprint density at radius 2 is 2.45 bits per heavy atom. The van der Waals surface area contributed by atoms with Crippen molar-refractivity contribution in [1.29, 1.82) is 0 Å². The lowest BCUT2D eigenvalue weighted by molar-refractivity contribution is 0.558. The number of nitrogens with two attached hydrogens (primary N) is 1. The Kier molecular flexibility index (Phi) is 2.54. The maximum absolute atomic E-state index is 12.9. The van der Waals surface area contributed by atoms with Crippen molar-refractivity contribution >= 4 is 0 Å². The molecular formula is C8H11FN2. The fourth-order valence-electron chi connectivity index (χ4n) is 0.864.